The second-order valence-corrected chi connectivity index (χ2v) is 5.72. The lowest BCUT2D eigenvalue weighted by molar-refractivity contribution is -0.116. The van der Waals surface area contributed by atoms with Crippen LogP contribution in [0.15, 0.2) is 67.3 Å². The van der Waals surface area contributed by atoms with Crippen LogP contribution < -0.4 is 10.1 Å². The summed E-state index contributed by atoms with van der Waals surface area (Å²) >= 11 is 0. The smallest absolute Gasteiger partial charge is 0.244 e. The fourth-order valence-electron chi connectivity index (χ4n) is 2.29. The number of aromatic nitrogens is 3. The highest BCUT2D eigenvalue weighted by molar-refractivity contribution is 5.91. The van der Waals surface area contributed by atoms with E-state index in [4.69, 9.17) is 4.74 Å². The Morgan fingerprint density at radius 1 is 1.23 bits per heavy atom. The first-order valence-electron chi connectivity index (χ1n) is 8.24. The van der Waals surface area contributed by atoms with Crippen molar-refractivity contribution in [1.82, 2.24) is 19.9 Å². The van der Waals surface area contributed by atoms with Gasteiger partial charge >= 0.3 is 0 Å². The lowest BCUT2D eigenvalue weighted by Crippen LogP contribution is -2.22. The van der Waals surface area contributed by atoms with Crippen molar-refractivity contribution in [2.75, 3.05) is 0 Å². The van der Waals surface area contributed by atoms with Crippen LogP contribution in [0.1, 0.15) is 17.0 Å². The minimum absolute atomic E-state index is 0.162. The van der Waals surface area contributed by atoms with Crippen LogP contribution in [0.2, 0.25) is 0 Å². The van der Waals surface area contributed by atoms with Crippen molar-refractivity contribution in [3.05, 3.63) is 84.2 Å². The summed E-state index contributed by atoms with van der Waals surface area (Å²) in [6.07, 6.45) is 10.3. The van der Waals surface area contributed by atoms with Crippen LogP contribution >= 0.6 is 0 Å². The Morgan fingerprint density at radius 2 is 2.08 bits per heavy atom. The fraction of sp³-hybridized carbons (Fsp3) is 0.150. The Kier molecular flexibility index (Phi) is 5.77. The highest BCUT2D eigenvalue weighted by Crippen LogP contribution is 2.14. The Bertz CT molecular complexity index is 870. The number of nitrogens with one attached hydrogen (secondary N) is 1. The zero-order chi connectivity index (χ0) is 18.2. The summed E-state index contributed by atoms with van der Waals surface area (Å²) in [5, 5.41) is 2.81. The summed E-state index contributed by atoms with van der Waals surface area (Å²) in [6, 6.07) is 11.4. The van der Waals surface area contributed by atoms with E-state index in [1.807, 2.05) is 54.2 Å². The molecule has 0 unspecified atom stereocenters. The van der Waals surface area contributed by atoms with Gasteiger partial charge in [-0.1, -0.05) is 18.2 Å². The van der Waals surface area contributed by atoms with Crippen molar-refractivity contribution in [1.29, 1.82) is 0 Å². The van der Waals surface area contributed by atoms with Crippen LogP contribution in [-0.2, 0) is 25.0 Å². The first-order valence-corrected chi connectivity index (χ1v) is 8.24. The molecule has 0 fully saturated rings. The number of ether oxygens (including phenoxy) is 1. The highest BCUT2D eigenvalue weighted by atomic mass is 16.5. The lowest BCUT2D eigenvalue weighted by Gasteiger charge is -2.06. The van der Waals surface area contributed by atoms with Gasteiger partial charge < -0.3 is 14.6 Å². The molecule has 2 aromatic heterocycles. The molecule has 0 atom stereocenters. The third-order valence-corrected chi connectivity index (χ3v) is 3.78. The predicted molar refractivity (Wildman–Crippen MR) is 99.1 cm³/mol. The molecule has 0 spiro atoms. The van der Waals surface area contributed by atoms with Crippen LogP contribution in [0.25, 0.3) is 6.08 Å². The van der Waals surface area contributed by atoms with E-state index >= 15 is 0 Å². The van der Waals surface area contributed by atoms with Crippen molar-refractivity contribution in [2.24, 2.45) is 7.05 Å². The van der Waals surface area contributed by atoms with E-state index in [9.17, 15) is 4.79 Å². The van der Waals surface area contributed by atoms with E-state index in [1.165, 1.54) is 6.08 Å². The summed E-state index contributed by atoms with van der Waals surface area (Å²) in [4.78, 5) is 20.1. The number of imidazole rings is 1. The Morgan fingerprint density at radius 3 is 2.77 bits per heavy atom. The summed E-state index contributed by atoms with van der Waals surface area (Å²) in [6.45, 7) is 0.867. The average Bonchev–Trinajstić information content (AvgIpc) is 3.09. The van der Waals surface area contributed by atoms with Crippen molar-refractivity contribution in [3.8, 4) is 5.75 Å². The molecule has 1 N–H and O–H groups in total. The van der Waals surface area contributed by atoms with Gasteiger partial charge in [-0.2, -0.15) is 0 Å². The van der Waals surface area contributed by atoms with Crippen molar-refractivity contribution in [3.63, 3.8) is 0 Å². The summed E-state index contributed by atoms with van der Waals surface area (Å²) in [5.41, 5.74) is 1.94. The van der Waals surface area contributed by atoms with E-state index < -0.39 is 0 Å². The van der Waals surface area contributed by atoms with Gasteiger partial charge in [0.2, 0.25) is 5.91 Å². The molecule has 3 aromatic rings. The molecule has 1 aromatic carbocycles. The van der Waals surface area contributed by atoms with Gasteiger partial charge in [0.05, 0.1) is 6.54 Å². The molecule has 2 heterocycles. The normalized spacial score (nSPS) is 10.8. The predicted octanol–water partition coefficient (Wildman–Crippen LogP) is 2.72. The summed E-state index contributed by atoms with van der Waals surface area (Å²) in [5.74, 6) is 1.41. The van der Waals surface area contributed by atoms with Crippen LogP contribution in [0.3, 0.4) is 0 Å². The molecule has 0 bridgehead atoms. The van der Waals surface area contributed by atoms with Crippen molar-refractivity contribution < 1.29 is 9.53 Å². The number of benzene rings is 1. The van der Waals surface area contributed by atoms with Crippen molar-refractivity contribution in [2.45, 2.75) is 13.2 Å². The molecule has 6 heteroatoms. The lowest BCUT2D eigenvalue weighted by atomic mass is 10.2. The second-order valence-electron chi connectivity index (χ2n) is 5.72. The second kappa shape index (κ2) is 8.62. The number of rotatable bonds is 7. The van der Waals surface area contributed by atoms with Crippen LogP contribution in [0.4, 0.5) is 0 Å². The molecule has 0 radical (unpaired) electrons. The first kappa shape index (κ1) is 17.4. The number of hydrogen-bond donors (Lipinski definition) is 1. The monoisotopic (exact) mass is 348 g/mol. The van der Waals surface area contributed by atoms with Gasteiger partial charge in [-0.15, -0.1) is 0 Å². The van der Waals surface area contributed by atoms with Crippen LogP contribution in [0, 0.1) is 0 Å². The molecule has 6 nitrogen and oxygen atoms in total. The van der Waals surface area contributed by atoms with Gasteiger partial charge in [0.1, 0.15) is 18.2 Å². The Labute approximate surface area is 152 Å². The molecule has 26 heavy (non-hydrogen) atoms. The number of pyridine rings is 1. The molecule has 3 rings (SSSR count). The SMILES string of the molecule is Cn1ccnc1CNC(=O)/C=C\c1ccc(OCc2cccnc2)cc1. The minimum Gasteiger partial charge on any atom is -0.489 e. The van der Waals surface area contributed by atoms with Crippen LogP contribution in [0.5, 0.6) is 5.75 Å². The molecule has 0 saturated heterocycles. The van der Waals surface area contributed by atoms with Gasteiger partial charge in [-0.3, -0.25) is 9.78 Å². The largest absolute Gasteiger partial charge is 0.489 e. The van der Waals surface area contributed by atoms with Gasteiger partial charge in [0.25, 0.3) is 0 Å². The maximum absolute atomic E-state index is 11.9. The molecule has 0 aliphatic carbocycles. The molecule has 1 amide bonds. The number of carbonyl (C=O) groups excluding carboxylic acids is 1. The highest BCUT2D eigenvalue weighted by Gasteiger charge is 2.01. The summed E-state index contributed by atoms with van der Waals surface area (Å²) < 4.78 is 7.58. The van der Waals surface area contributed by atoms with E-state index in [-0.39, 0.29) is 5.91 Å². The fourth-order valence-corrected chi connectivity index (χ4v) is 2.29. The van der Waals surface area contributed by atoms with Gasteiger partial charge in [-0.05, 0) is 29.8 Å². The molecular weight excluding hydrogens is 328 g/mol. The minimum atomic E-state index is -0.162. The Balaban J connectivity index is 1.48. The molecule has 0 aliphatic rings. The first-order chi connectivity index (χ1) is 12.7. The molecular formula is C20H20N4O2. The van der Waals surface area contributed by atoms with E-state index in [1.54, 1.807) is 24.7 Å². The zero-order valence-corrected chi connectivity index (χ0v) is 14.5. The van der Waals surface area contributed by atoms with Gasteiger partial charge in [-0.25, -0.2) is 4.98 Å². The average molecular weight is 348 g/mol. The van der Waals surface area contributed by atoms with E-state index in [0.717, 1.165) is 22.7 Å². The molecule has 132 valence electrons. The number of amides is 1. The molecule has 0 saturated carbocycles. The standard InChI is InChI=1S/C20H20N4O2/c1-24-12-11-22-19(24)14-23-20(25)9-6-16-4-7-18(8-5-16)26-15-17-3-2-10-21-13-17/h2-13H,14-15H2,1H3,(H,23,25)/b9-6-. The van der Waals surface area contributed by atoms with Crippen LogP contribution in [-0.4, -0.2) is 20.4 Å². The Hall–Kier alpha value is -3.41. The summed E-state index contributed by atoms with van der Waals surface area (Å²) in [7, 11) is 1.89. The number of aryl methyl sites for hydroxylation is 1. The molecule has 0 aliphatic heterocycles. The van der Waals surface area contributed by atoms with E-state index in [0.29, 0.717) is 13.2 Å². The van der Waals surface area contributed by atoms with Gasteiger partial charge in [0, 0.05) is 43.5 Å². The number of nitrogens with zero attached hydrogens (tertiary/aromatic N) is 3. The maximum atomic E-state index is 11.9. The number of carbonyl (C=O) groups is 1. The quantitative estimate of drug-likeness (QED) is 0.667. The third kappa shape index (κ3) is 5.04. The maximum Gasteiger partial charge on any atom is 0.244 e. The third-order valence-electron chi connectivity index (χ3n) is 3.78. The number of hydrogen-bond acceptors (Lipinski definition) is 4. The van der Waals surface area contributed by atoms with Gasteiger partial charge in [0.15, 0.2) is 0 Å². The van der Waals surface area contributed by atoms with Crippen molar-refractivity contribution >= 4 is 12.0 Å². The van der Waals surface area contributed by atoms with E-state index in [2.05, 4.69) is 15.3 Å². The zero-order valence-electron chi connectivity index (χ0n) is 14.5. The topological polar surface area (TPSA) is 69.0 Å².